The first-order valence-electron chi connectivity index (χ1n) is 7.49. The molecule has 2 amide bonds. The molecule has 6 nitrogen and oxygen atoms in total. The predicted molar refractivity (Wildman–Crippen MR) is 86.9 cm³/mol. The molecule has 3 N–H and O–H groups in total. The standard InChI is InChI=1S/C17H24N2O4/c1-11(19-16(23)17(2,3)4)14(20)18-10-13(15(21)22)12-8-6-5-7-9-12/h5-9,11,13H,10H2,1-4H3,(H,18,20)(H,19,23)(H,21,22). The van der Waals surface area contributed by atoms with Gasteiger partial charge in [-0.1, -0.05) is 51.1 Å². The average Bonchev–Trinajstić information content (AvgIpc) is 2.46. The number of carbonyl (C=O) groups excluding carboxylic acids is 2. The van der Waals surface area contributed by atoms with Crippen LogP contribution in [0.5, 0.6) is 0 Å². The lowest BCUT2D eigenvalue weighted by atomic mass is 9.95. The van der Waals surface area contributed by atoms with Gasteiger partial charge in [-0.3, -0.25) is 14.4 Å². The molecule has 0 spiro atoms. The maximum Gasteiger partial charge on any atom is 0.312 e. The Kier molecular flexibility index (Phi) is 6.30. The van der Waals surface area contributed by atoms with Crippen LogP contribution in [0.4, 0.5) is 0 Å². The van der Waals surface area contributed by atoms with Gasteiger partial charge in [-0.15, -0.1) is 0 Å². The molecule has 0 saturated carbocycles. The first-order valence-corrected chi connectivity index (χ1v) is 7.49. The van der Waals surface area contributed by atoms with Gasteiger partial charge in [-0.05, 0) is 12.5 Å². The summed E-state index contributed by atoms with van der Waals surface area (Å²) in [5.41, 5.74) is 0.0222. The zero-order valence-electron chi connectivity index (χ0n) is 13.9. The first kappa shape index (κ1) is 18.7. The van der Waals surface area contributed by atoms with E-state index in [0.717, 1.165) is 0 Å². The van der Waals surface area contributed by atoms with Gasteiger partial charge in [-0.25, -0.2) is 0 Å². The summed E-state index contributed by atoms with van der Waals surface area (Å²) in [6, 6.07) is 7.97. The molecule has 0 heterocycles. The van der Waals surface area contributed by atoms with Crippen LogP contribution in [0, 0.1) is 5.41 Å². The van der Waals surface area contributed by atoms with Gasteiger partial charge in [0.15, 0.2) is 0 Å². The number of hydrogen-bond acceptors (Lipinski definition) is 3. The smallest absolute Gasteiger partial charge is 0.312 e. The lowest BCUT2D eigenvalue weighted by molar-refractivity contribution is -0.139. The fourth-order valence-corrected chi connectivity index (χ4v) is 1.87. The summed E-state index contributed by atoms with van der Waals surface area (Å²) in [5, 5.41) is 14.5. The maximum absolute atomic E-state index is 12.0. The summed E-state index contributed by atoms with van der Waals surface area (Å²) in [6.45, 7) is 6.79. The number of aliphatic carboxylic acids is 1. The van der Waals surface area contributed by atoms with Crippen LogP contribution in [0.25, 0.3) is 0 Å². The second-order valence-electron chi connectivity index (χ2n) is 6.49. The third-order valence-electron chi connectivity index (χ3n) is 3.40. The second kappa shape index (κ2) is 7.76. The number of benzene rings is 1. The Morgan fingerprint density at radius 2 is 1.70 bits per heavy atom. The summed E-state index contributed by atoms with van der Waals surface area (Å²) in [6.07, 6.45) is 0. The Morgan fingerprint density at radius 1 is 1.13 bits per heavy atom. The highest BCUT2D eigenvalue weighted by atomic mass is 16.4. The summed E-state index contributed by atoms with van der Waals surface area (Å²) >= 11 is 0. The van der Waals surface area contributed by atoms with Gasteiger partial charge >= 0.3 is 5.97 Å². The van der Waals surface area contributed by atoms with E-state index in [9.17, 15) is 19.5 Å². The Labute approximate surface area is 136 Å². The van der Waals surface area contributed by atoms with Gasteiger partial charge in [0.2, 0.25) is 11.8 Å². The minimum Gasteiger partial charge on any atom is -0.481 e. The molecule has 0 bridgehead atoms. The predicted octanol–water partition coefficient (Wildman–Crippen LogP) is 1.52. The van der Waals surface area contributed by atoms with Gasteiger partial charge < -0.3 is 15.7 Å². The Bertz CT molecular complexity index is 564. The molecule has 0 saturated heterocycles. The number of carbonyl (C=O) groups is 3. The van der Waals surface area contributed by atoms with E-state index in [-0.39, 0.29) is 12.5 Å². The van der Waals surface area contributed by atoms with Crippen LogP contribution in [0.15, 0.2) is 30.3 Å². The van der Waals surface area contributed by atoms with E-state index in [1.807, 2.05) is 0 Å². The van der Waals surface area contributed by atoms with E-state index in [1.165, 1.54) is 0 Å². The van der Waals surface area contributed by atoms with Crippen LogP contribution in [0.3, 0.4) is 0 Å². The number of amides is 2. The molecule has 1 aromatic carbocycles. The van der Waals surface area contributed by atoms with Crippen LogP contribution in [-0.4, -0.2) is 35.5 Å². The quantitative estimate of drug-likeness (QED) is 0.740. The molecule has 0 fully saturated rings. The van der Waals surface area contributed by atoms with Crippen molar-refractivity contribution in [1.29, 1.82) is 0 Å². The van der Waals surface area contributed by atoms with Gasteiger partial charge in [0.1, 0.15) is 6.04 Å². The molecular weight excluding hydrogens is 296 g/mol. The Morgan fingerprint density at radius 3 is 2.17 bits per heavy atom. The van der Waals surface area contributed by atoms with Gasteiger partial charge in [-0.2, -0.15) is 0 Å². The normalized spacial score (nSPS) is 13.7. The zero-order valence-corrected chi connectivity index (χ0v) is 13.9. The molecule has 2 unspecified atom stereocenters. The molecule has 23 heavy (non-hydrogen) atoms. The molecule has 0 radical (unpaired) electrons. The number of carboxylic acid groups (broad SMARTS) is 1. The summed E-state index contributed by atoms with van der Waals surface area (Å²) in [5.74, 6) is -2.49. The number of rotatable bonds is 6. The SMILES string of the molecule is CC(NC(=O)C(C)(C)C)C(=O)NCC(C(=O)O)c1ccccc1. The lowest BCUT2D eigenvalue weighted by Gasteiger charge is -2.22. The van der Waals surface area contributed by atoms with Crippen LogP contribution in [0.1, 0.15) is 39.2 Å². The number of carboxylic acids is 1. The van der Waals surface area contributed by atoms with E-state index in [4.69, 9.17) is 0 Å². The topological polar surface area (TPSA) is 95.5 Å². The summed E-state index contributed by atoms with van der Waals surface area (Å²) < 4.78 is 0. The van der Waals surface area contributed by atoms with Crippen LogP contribution in [0.2, 0.25) is 0 Å². The van der Waals surface area contributed by atoms with E-state index in [1.54, 1.807) is 58.0 Å². The molecule has 0 aliphatic rings. The first-order chi connectivity index (χ1) is 10.6. The Hall–Kier alpha value is -2.37. The fraction of sp³-hybridized carbons (Fsp3) is 0.471. The molecule has 2 atom stereocenters. The van der Waals surface area contributed by atoms with Gasteiger partial charge in [0, 0.05) is 12.0 Å². The van der Waals surface area contributed by atoms with Crippen molar-refractivity contribution in [1.82, 2.24) is 10.6 Å². The van der Waals surface area contributed by atoms with Crippen molar-refractivity contribution < 1.29 is 19.5 Å². The van der Waals surface area contributed by atoms with Gasteiger partial charge in [0.25, 0.3) is 0 Å². The molecule has 0 aromatic heterocycles. The molecule has 0 aliphatic heterocycles. The van der Waals surface area contributed by atoms with Crippen LogP contribution in [-0.2, 0) is 14.4 Å². The molecule has 6 heteroatoms. The van der Waals surface area contributed by atoms with Crippen molar-refractivity contribution in [3.05, 3.63) is 35.9 Å². The van der Waals surface area contributed by atoms with E-state index in [0.29, 0.717) is 5.56 Å². The lowest BCUT2D eigenvalue weighted by Crippen LogP contribution is -2.49. The Balaban J connectivity index is 2.63. The summed E-state index contributed by atoms with van der Waals surface area (Å²) in [7, 11) is 0. The third kappa shape index (κ3) is 5.73. The maximum atomic E-state index is 12.0. The number of nitrogens with one attached hydrogen (secondary N) is 2. The van der Waals surface area contributed by atoms with Crippen molar-refractivity contribution in [3.8, 4) is 0 Å². The fourth-order valence-electron chi connectivity index (χ4n) is 1.87. The van der Waals surface area contributed by atoms with Gasteiger partial charge in [0.05, 0.1) is 5.92 Å². The zero-order chi connectivity index (χ0) is 17.6. The van der Waals surface area contributed by atoms with E-state index < -0.39 is 29.3 Å². The highest BCUT2D eigenvalue weighted by Gasteiger charge is 2.26. The van der Waals surface area contributed by atoms with Crippen molar-refractivity contribution >= 4 is 17.8 Å². The minimum atomic E-state index is -1.01. The largest absolute Gasteiger partial charge is 0.481 e. The molecule has 0 aliphatic carbocycles. The van der Waals surface area contributed by atoms with Crippen LogP contribution < -0.4 is 10.6 Å². The highest BCUT2D eigenvalue weighted by molar-refractivity contribution is 5.89. The van der Waals surface area contributed by atoms with E-state index >= 15 is 0 Å². The third-order valence-corrected chi connectivity index (χ3v) is 3.40. The molecular formula is C17H24N2O4. The van der Waals surface area contributed by atoms with E-state index in [2.05, 4.69) is 10.6 Å². The number of hydrogen-bond donors (Lipinski definition) is 3. The van der Waals surface area contributed by atoms with Crippen LogP contribution >= 0.6 is 0 Å². The second-order valence-corrected chi connectivity index (χ2v) is 6.49. The molecule has 126 valence electrons. The minimum absolute atomic E-state index is 0.0338. The monoisotopic (exact) mass is 320 g/mol. The van der Waals surface area contributed by atoms with Crippen molar-refractivity contribution in [2.75, 3.05) is 6.54 Å². The summed E-state index contributed by atoms with van der Waals surface area (Å²) in [4.78, 5) is 35.3. The van der Waals surface area contributed by atoms with Crippen molar-refractivity contribution in [3.63, 3.8) is 0 Å². The molecule has 1 rings (SSSR count). The molecule has 1 aromatic rings. The average molecular weight is 320 g/mol. The highest BCUT2D eigenvalue weighted by Crippen LogP contribution is 2.15. The van der Waals surface area contributed by atoms with Crippen molar-refractivity contribution in [2.24, 2.45) is 5.41 Å². The van der Waals surface area contributed by atoms with Crippen molar-refractivity contribution in [2.45, 2.75) is 39.7 Å².